The zero-order chi connectivity index (χ0) is 20.9. The fourth-order valence-corrected chi connectivity index (χ4v) is 3.73. The van der Waals surface area contributed by atoms with E-state index in [4.69, 9.17) is 0 Å². The molecule has 5 nitrogen and oxygen atoms in total. The Balaban J connectivity index is 1.58. The first kappa shape index (κ1) is 19.8. The molecule has 2 heterocycles. The maximum absolute atomic E-state index is 12.5. The molecule has 4 aromatic rings. The van der Waals surface area contributed by atoms with Crippen molar-refractivity contribution in [1.29, 1.82) is 0 Å². The number of carbonyl (C=O) groups is 1. The number of carbonyl (C=O) groups excluding carboxylic acids is 1. The molecule has 30 heavy (non-hydrogen) atoms. The van der Waals surface area contributed by atoms with Crippen LogP contribution in [0.1, 0.15) is 38.3 Å². The summed E-state index contributed by atoms with van der Waals surface area (Å²) >= 11 is 0. The smallest absolute Gasteiger partial charge is 0.178 e. The van der Waals surface area contributed by atoms with Crippen molar-refractivity contribution in [3.8, 4) is 0 Å². The van der Waals surface area contributed by atoms with E-state index in [0.717, 1.165) is 59.6 Å². The average Bonchev–Trinajstić information content (AvgIpc) is 3.30. The molecule has 2 aromatic carbocycles. The quantitative estimate of drug-likeness (QED) is 0.368. The SMILES string of the molecule is CCCn1c(/C=C/C(=O)/C=C/c2nc3ccccc3n2CCC)nc2ccccc21. The number of aryl methyl sites for hydroxylation is 2. The van der Waals surface area contributed by atoms with Crippen LogP contribution in [0.15, 0.2) is 60.7 Å². The Morgan fingerprint density at radius 1 is 0.767 bits per heavy atom. The second kappa shape index (κ2) is 8.91. The second-order valence-corrected chi connectivity index (χ2v) is 7.29. The number of hydrogen-bond acceptors (Lipinski definition) is 3. The number of fused-ring (bicyclic) bond motifs is 2. The largest absolute Gasteiger partial charge is 0.324 e. The number of para-hydroxylation sites is 4. The Labute approximate surface area is 176 Å². The van der Waals surface area contributed by atoms with Gasteiger partial charge in [0.1, 0.15) is 11.6 Å². The second-order valence-electron chi connectivity index (χ2n) is 7.29. The first-order valence-electron chi connectivity index (χ1n) is 10.5. The maximum Gasteiger partial charge on any atom is 0.178 e. The monoisotopic (exact) mass is 398 g/mol. The first-order chi connectivity index (χ1) is 14.7. The van der Waals surface area contributed by atoms with Gasteiger partial charge in [0.25, 0.3) is 0 Å². The molecular weight excluding hydrogens is 372 g/mol. The number of hydrogen-bond donors (Lipinski definition) is 0. The van der Waals surface area contributed by atoms with Gasteiger partial charge in [0, 0.05) is 13.1 Å². The number of benzene rings is 2. The fraction of sp³-hybridized carbons (Fsp3) is 0.240. The zero-order valence-corrected chi connectivity index (χ0v) is 17.5. The van der Waals surface area contributed by atoms with Crippen LogP contribution in [0.25, 0.3) is 34.2 Å². The number of rotatable bonds is 8. The van der Waals surface area contributed by atoms with Crippen LogP contribution in [-0.2, 0) is 17.9 Å². The highest BCUT2D eigenvalue weighted by molar-refractivity contribution is 6.04. The number of aromatic nitrogens is 4. The van der Waals surface area contributed by atoms with Crippen molar-refractivity contribution in [2.24, 2.45) is 0 Å². The van der Waals surface area contributed by atoms with E-state index in [1.807, 2.05) is 36.4 Å². The van der Waals surface area contributed by atoms with Gasteiger partial charge in [0.05, 0.1) is 22.1 Å². The highest BCUT2D eigenvalue weighted by Crippen LogP contribution is 2.19. The third-order valence-electron chi connectivity index (χ3n) is 5.06. The molecule has 0 aliphatic carbocycles. The van der Waals surface area contributed by atoms with Crippen LogP contribution < -0.4 is 0 Å². The highest BCUT2D eigenvalue weighted by Gasteiger charge is 2.09. The number of allylic oxidation sites excluding steroid dienone is 2. The van der Waals surface area contributed by atoms with Crippen LogP contribution in [0.2, 0.25) is 0 Å². The van der Waals surface area contributed by atoms with E-state index in [-0.39, 0.29) is 5.78 Å². The van der Waals surface area contributed by atoms with E-state index in [9.17, 15) is 4.79 Å². The molecule has 0 atom stereocenters. The molecule has 0 radical (unpaired) electrons. The molecular formula is C25H26N4O. The van der Waals surface area contributed by atoms with Crippen molar-refractivity contribution in [1.82, 2.24) is 19.1 Å². The van der Waals surface area contributed by atoms with Gasteiger partial charge >= 0.3 is 0 Å². The minimum atomic E-state index is -0.0831. The maximum atomic E-state index is 12.5. The molecule has 4 rings (SSSR count). The van der Waals surface area contributed by atoms with Gasteiger partial charge in [-0.15, -0.1) is 0 Å². The molecule has 5 heteroatoms. The van der Waals surface area contributed by atoms with Crippen molar-refractivity contribution in [2.45, 2.75) is 39.8 Å². The standard InChI is InChI=1S/C25H26N4O/c1-3-17-28-22-11-7-5-9-20(22)26-24(28)15-13-19(30)14-16-25-27-21-10-6-8-12-23(21)29(25)18-4-2/h5-16H,3-4,17-18H2,1-2H3/b15-13+,16-14+. The summed E-state index contributed by atoms with van der Waals surface area (Å²) in [5.74, 6) is 1.52. The lowest BCUT2D eigenvalue weighted by Crippen LogP contribution is -2.00. The lowest BCUT2D eigenvalue weighted by molar-refractivity contribution is -0.110. The molecule has 0 saturated heterocycles. The molecule has 2 aromatic heterocycles. The fourth-order valence-electron chi connectivity index (χ4n) is 3.73. The van der Waals surface area contributed by atoms with Crippen LogP contribution in [-0.4, -0.2) is 24.9 Å². The molecule has 0 aliphatic rings. The summed E-state index contributed by atoms with van der Waals surface area (Å²) in [6.45, 7) is 6.01. The summed E-state index contributed by atoms with van der Waals surface area (Å²) in [7, 11) is 0. The Kier molecular flexibility index (Phi) is 5.89. The number of ketones is 1. The van der Waals surface area contributed by atoms with Gasteiger partial charge in [0.15, 0.2) is 5.78 Å². The molecule has 0 fully saturated rings. The Morgan fingerprint density at radius 2 is 1.20 bits per heavy atom. The highest BCUT2D eigenvalue weighted by atomic mass is 16.1. The first-order valence-corrected chi connectivity index (χ1v) is 10.5. The molecule has 0 spiro atoms. The summed E-state index contributed by atoms with van der Waals surface area (Å²) in [5.41, 5.74) is 4.08. The van der Waals surface area contributed by atoms with E-state index in [1.165, 1.54) is 0 Å². The third-order valence-corrected chi connectivity index (χ3v) is 5.06. The predicted octanol–water partition coefficient (Wildman–Crippen LogP) is 5.50. The minimum Gasteiger partial charge on any atom is -0.324 e. The van der Waals surface area contributed by atoms with Crippen molar-refractivity contribution >= 4 is 40.0 Å². The summed E-state index contributed by atoms with van der Waals surface area (Å²) in [6.07, 6.45) is 8.77. The van der Waals surface area contributed by atoms with Crippen molar-refractivity contribution in [3.63, 3.8) is 0 Å². The summed E-state index contributed by atoms with van der Waals surface area (Å²) in [5, 5.41) is 0. The lowest BCUT2D eigenvalue weighted by atomic mass is 10.3. The normalized spacial score (nSPS) is 12.1. The van der Waals surface area contributed by atoms with E-state index >= 15 is 0 Å². The van der Waals surface area contributed by atoms with Crippen LogP contribution in [0, 0.1) is 0 Å². The van der Waals surface area contributed by atoms with E-state index in [1.54, 1.807) is 24.3 Å². The molecule has 0 unspecified atom stereocenters. The Bertz CT molecular complexity index is 1150. The van der Waals surface area contributed by atoms with Crippen LogP contribution >= 0.6 is 0 Å². The number of imidazole rings is 2. The average molecular weight is 399 g/mol. The van der Waals surface area contributed by atoms with Crippen LogP contribution in [0.3, 0.4) is 0 Å². The van der Waals surface area contributed by atoms with Gasteiger partial charge in [-0.3, -0.25) is 4.79 Å². The molecule has 0 bridgehead atoms. The van der Waals surface area contributed by atoms with Crippen molar-refractivity contribution < 1.29 is 4.79 Å². The third kappa shape index (κ3) is 3.96. The zero-order valence-electron chi connectivity index (χ0n) is 17.5. The summed E-state index contributed by atoms with van der Waals surface area (Å²) in [6, 6.07) is 16.1. The van der Waals surface area contributed by atoms with Gasteiger partial charge < -0.3 is 9.13 Å². The lowest BCUT2D eigenvalue weighted by Gasteiger charge is -2.04. The molecule has 0 amide bonds. The van der Waals surface area contributed by atoms with E-state index in [2.05, 4.69) is 45.1 Å². The Morgan fingerprint density at radius 3 is 1.63 bits per heavy atom. The molecule has 0 saturated carbocycles. The number of nitrogens with zero attached hydrogens (tertiary/aromatic N) is 4. The van der Waals surface area contributed by atoms with Crippen molar-refractivity contribution in [2.75, 3.05) is 0 Å². The predicted molar refractivity (Wildman–Crippen MR) is 123 cm³/mol. The van der Waals surface area contributed by atoms with Crippen LogP contribution in [0.5, 0.6) is 0 Å². The minimum absolute atomic E-state index is 0.0831. The van der Waals surface area contributed by atoms with Gasteiger partial charge in [-0.25, -0.2) is 9.97 Å². The van der Waals surface area contributed by atoms with Gasteiger partial charge in [0.2, 0.25) is 0 Å². The molecule has 152 valence electrons. The molecule has 0 N–H and O–H groups in total. The van der Waals surface area contributed by atoms with Gasteiger partial charge in [-0.1, -0.05) is 38.1 Å². The van der Waals surface area contributed by atoms with Gasteiger partial charge in [-0.2, -0.15) is 0 Å². The topological polar surface area (TPSA) is 52.7 Å². The van der Waals surface area contributed by atoms with Gasteiger partial charge in [-0.05, 0) is 61.4 Å². The Hall–Kier alpha value is -3.47. The molecule has 0 aliphatic heterocycles. The summed E-state index contributed by atoms with van der Waals surface area (Å²) in [4.78, 5) is 21.9. The van der Waals surface area contributed by atoms with E-state index in [0.29, 0.717) is 0 Å². The summed E-state index contributed by atoms with van der Waals surface area (Å²) < 4.78 is 4.31. The van der Waals surface area contributed by atoms with E-state index < -0.39 is 0 Å². The van der Waals surface area contributed by atoms with Crippen molar-refractivity contribution in [3.05, 3.63) is 72.3 Å². The van der Waals surface area contributed by atoms with Crippen LogP contribution in [0.4, 0.5) is 0 Å².